The molecule has 1 aromatic carbocycles. The first-order valence-corrected chi connectivity index (χ1v) is 8.23. The number of thiocarbonyl (C=S) groups is 1. The SMILES string of the molecule is CCC(C(N)=S)S(=O)(=O)Nc1ccc(C)c(N(C)C)c1. The molecule has 7 heteroatoms. The third-order valence-corrected chi connectivity index (χ3v) is 5.30. The summed E-state index contributed by atoms with van der Waals surface area (Å²) >= 11 is 4.82. The number of benzene rings is 1. The van der Waals surface area contributed by atoms with Crippen molar-refractivity contribution in [2.24, 2.45) is 5.73 Å². The van der Waals surface area contributed by atoms with Crippen molar-refractivity contribution in [1.82, 2.24) is 0 Å². The minimum Gasteiger partial charge on any atom is -0.392 e. The van der Waals surface area contributed by atoms with Crippen LogP contribution in [-0.4, -0.2) is 32.8 Å². The average molecular weight is 315 g/mol. The van der Waals surface area contributed by atoms with Crippen LogP contribution < -0.4 is 15.4 Å². The molecule has 0 amide bonds. The van der Waals surface area contributed by atoms with Crippen LogP contribution in [0.25, 0.3) is 0 Å². The molecule has 0 saturated heterocycles. The Labute approximate surface area is 126 Å². The zero-order valence-corrected chi connectivity index (χ0v) is 13.8. The van der Waals surface area contributed by atoms with Crippen LogP contribution in [0.4, 0.5) is 11.4 Å². The van der Waals surface area contributed by atoms with Crippen LogP contribution >= 0.6 is 12.2 Å². The van der Waals surface area contributed by atoms with Gasteiger partial charge in [0, 0.05) is 19.8 Å². The average Bonchev–Trinajstić information content (AvgIpc) is 2.30. The highest BCUT2D eigenvalue weighted by atomic mass is 32.2. The van der Waals surface area contributed by atoms with Gasteiger partial charge in [0.05, 0.1) is 10.7 Å². The largest absolute Gasteiger partial charge is 0.392 e. The quantitative estimate of drug-likeness (QED) is 0.784. The molecule has 1 atom stereocenters. The van der Waals surface area contributed by atoms with Crippen molar-refractivity contribution < 1.29 is 8.42 Å². The van der Waals surface area contributed by atoms with E-state index >= 15 is 0 Å². The van der Waals surface area contributed by atoms with Crippen molar-refractivity contribution in [2.45, 2.75) is 25.5 Å². The first-order chi connectivity index (χ1) is 9.19. The Morgan fingerprint density at radius 3 is 2.50 bits per heavy atom. The number of nitrogens with one attached hydrogen (secondary N) is 1. The molecule has 5 nitrogen and oxygen atoms in total. The Bertz CT molecular complexity index is 598. The number of anilines is 2. The van der Waals surface area contributed by atoms with Gasteiger partial charge in [-0.3, -0.25) is 4.72 Å². The molecule has 0 aliphatic rings. The maximum Gasteiger partial charge on any atom is 0.242 e. The second-order valence-electron chi connectivity index (χ2n) is 4.84. The fourth-order valence-electron chi connectivity index (χ4n) is 1.96. The molecule has 0 radical (unpaired) electrons. The van der Waals surface area contributed by atoms with Gasteiger partial charge in [-0.15, -0.1) is 0 Å². The number of aryl methyl sites for hydroxylation is 1. The van der Waals surface area contributed by atoms with Crippen molar-refractivity contribution in [1.29, 1.82) is 0 Å². The highest BCUT2D eigenvalue weighted by Gasteiger charge is 2.26. The second-order valence-corrected chi connectivity index (χ2v) is 7.18. The van der Waals surface area contributed by atoms with E-state index in [1.54, 1.807) is 19.1 Å². The molecule has 0 heterocycles. The lowest BCUT2D eigenvalue weighted by molar-refractivity contribution is 0.594. The van der Waals surface area contributed by atoms with Crippen molar-refractivity contribution in [2.75, 3.05) is 23.7 Å². The van der Waals surface area contributed by atoms with Crippen molar-refractivity contribution in [3.05, 3.63) is 23.8 Å². The first kappa shape index (κ1) is 16.7. The number of sulfonamides is 1. The lowest BCUT2D eigenvalue weighted by Gasteiger charge is -2.19. The van der Waals surface area contributed by atoms with E-state index in [1.165, 1.54) is 0 Å². The van der Waals surface area contributed by atoms with Crippen LogP contribution in [-0.2, 0) is 10.0 Å². The molecule has 0 aromatic heterocycles. The van der Waals surface area contributed by atoms with E-state index in [1.807, 2.05) is 32.0 Å². The molecule has 0 bridgehead atoms. The maximum atomic E-state index is 12.2. The van der Waals surface area contributed by atoms with Gasteiger partial charge in [0.1, 0.15) is 5.25 Å². The summed E-state index contributed by atoms with van der Waals surface area (Å²) < 4.78 is 27.0. The maximum absolute atomic E-state index is 12.2. The van der Waals surface area contributed by atoms with Crippen molar-refractivity contribution >= 4 is 38.6 Å². The van der Waals surface area contributed by atoms with Crippen LogP contribution in [0.5, 0.6) is 0 Å². The van der Waals surface area contributed by atoms with Crippen molar-refractivity contribution in [3.63, 3.8) is 0 Å². The minimum atomic E-state index is -3.61. The van der Waals surface area contributed by atoms with E-state index in [-0.39, 0.29) is 4.99 Å². The number of nitrogens with zero attached hydrogens (tertiary/aromatic N) is 1. The summed E-state index contributed by atoms with van der Waals surface area (Å²) in [4.78, 5) is 1.91. The molecule has 0 aliphatic heterocycles. The molecule has 112 valence electrons. The number of hydrogen-bond acceptors (Lipinski definition) is 4. The van der Waals surface area contributed by atoms with E-state index in [4.69, 9.17) is 18.0 Å². The van der Waals surface area contributed by atoms with E-state index in [0.29, 0.717) is 12.1 Å². The molecule has 0 fully saturated rings. The molecule has 0 spiro atoms. The van der Waals surface area contributed by atoms with Crippen LogP contribution in [0.3, 0.4) is 0 Å². The molecule has 1 unspecified atom stereocenters. The Hall–Kier alpha value is -1.34. The zero-order valence-electron chi connectivity index (χ0n) is 12.2. The summed E-state index contributed by atoms with van der Waals surface area (Å²) in [5, 5.41) is -0.860. The zero-order chi connectivity index (χ0) is 15.5. The van der Waals surface area contributed by atoms with Gasteiger partial charge >= 0.3 is 0 Å². The second kappa shape index (κ2) is 6.41. The Balaban J connectivity index is 3.10. The van der Waals surface area contributed by atoms with E-state index < -0.39 is 15.3 Å². The van der Waals surface area contributed by atoms with Crippen LogP contribution in [0, 0.1) is 6.92 Å². The smallest absolute Gasteiger partial charge is 0.242 e. The van der Waals surface area contributed by atoms with Gasteiger partial charge in [-0.1, -0.05) is 25.2 Å². The third kappa shape index (κ3) is 3.83. The number of nitrogens with two attached hydrogens (primary N) is 1. The summed E-state index contributed by atoms with van der Waals surface area (Å²) in [6.07, 6.45) is 0.344. The minimum absolute atomic E-state index is 0.0139. The van der Waals surface area contributed by atoms with E-state index in [0.717, 1.165) is 11.3 Å². The molecular weight excluding hydrogens is 294 g/mol. The van der Waals surface area contributed by atoms with Crippen LogP contribution in [0.1, 0.15) is 18.9 Å². The monoisotopic (exact) mass is 315 g/mol. The van der Waals surface area contributed by atoms with Gasteiger partial charge in [-0.25, -0.2) is 8.42 Å². The predicted molar refractivity (Wildman–Crippen MR) is 88.9 cm³/mol. The van der Waals surface area contributed by atoms with Gasteiger partial charge in [-0.2, -0.15) is 0 Å². The summed E-state index contributed by atoms with van der Waals surface area (Å²) in [5.41, 5.74) is 8.02. The van der Waals surface area contributed by atoms with Gasteiger partial charge in [0.15, 0.2) is 0 Å². The molecule has 0 saturated carbocycles. The summed E-state index contributed by atoms with van der Waals surface area (Å²) in [5.74, 6) is 0. The predicted octanol–water partition coefficient (Wildman–Crippen LogP) is 1.87. The molecule has 3 N–H and O–H groups in total. The van der Waals surface area contributed by atoms with Crippen LogP contribution in [0.15, 0.2) is 18.2 Å². The lowest BCUT2D eigenvalue weighted by atomic mass is 10.2. The highest BCUT2D eigenvalue weighted by Crippen LogP contribution is 2.24. The van der Waals surface area contributed by atoms with Gasteiger partial charge in [-0.05, 0) is 31.0 Å². The van der Waals surface area contributed by atoms with E-state index in [9.17, 15) is 8.42 Å². The molecule has 1 rings (SSSR count). The standard InChI is InChI=1S/C13H21N3O2S2/c1-5-12(13(14)19)20(17,18)15-10-7-6-9(2)11(8-10)16(3)4/h6-8,12,15H,5H2,1-4H3,(H2,14,19). The normalized spacial score (nSPS) is 12.8. The summed E-state index contributed by atoms with van der Waals surface area (Å²) in [7, 11) is 0.200. The fourth-order valence-corrected chi connectivity index (χ4v) is 3.85. The topological polar surface area (TPSA) is 75.4 Å². The molecular formula is C13H21N3O2S2. The lowest BCUT2D eigenvalue weighted by Crippen LogP contribution is -2.37. The highest BCUT2D eigenvalue weighted by molar-refractivity contribution is 7.95. The Morgan fingerprint density at radius 1 is 1.45 bits per heavy atom. The van der Waals surface area contributed by atoms with Gasteiger partial charge < -0.3 is 10.6 Å². The van der Waals surface area contributed by atoms with Gasteiger partial charge in [0.25, 0.3) is 0 Å². The molecule has 0 aliphatic carbocycles. The summed E-state index contributed by atoms with van der Waals surface area (Å²) in [6, 6.07) is 5.39. The fraction of sp³-hybridized carbons (Fsp3) is 0.462. The number of rotatable bonds is 6. The number of hydrogen-bond donors (Lipinski definition) is 2. The van der Waals surface area contributed by atoms with Crippen molar-refractivity contribution in [3.8, 4) is 0 Å². The third-order valence-electron chi connectivity index (χ3n) is 3.01. The Kier molecular flexibility index (Phi) is 5.35. The van der Waals surface area contributed by atoms with Gasteiger partial charge in [0.2, 0.25) is 10.0 Å². The molecule has 20 heavy (non-hydrogen) atoms. The first-order valence-electron chi connectivity index (χ1n) is 6.28. The Morgan fingerprint density at radius 2 is 2.05 bits per heavy atom. The van der Waals surface area contributed by atoms with E-state index in [2.05, 4.69) is 4.72 Å². The summed E-state index contributed by atoms with van der Waals surface area (Å²) in [6.45, 7) is 3.71. The van der Waals surface area contributed by atoms with Crippen LogP contribution in [0.2, 0.25) is 0 Å². The molecule has 1 aromatic rings.